The van der Waals surface area contributed by atoms with Gasteiger partial charge in [-0.1, -0.05) is 78.9 Å². The summed E-state index contributed by atoms with van der Waals surface area (Å²) in [5, 5.41) is 1.15. The Bertz CT molecular complexity index is 1210. The number of ether oxygens (including phenoxy) is 1. The highest BCUT2D eigenvalue weighted by Gasteiger charge is 2.24. The molecule has 0 unspecified atom stereocenters. The number of hydrogen-bond donors (Lipinski definition) is 1. The second kappa shape index (κ2) is 10.8. The molecule has 0 amide bonds. The summed E-state index contributed by atoms with van der Waals surface area (Å²) in [7, 11) is 0. The lowest BCUT2D eigenvalue weighted by Crippen LogP contribution is -2.38. The molecule has 3 aromatic carbocycles. The second-order valence-corrected chi connectivity index (χ2v) is 9.19. The number of aromatic amines is 1. The number of likely N-dealkylation sites (tertiary alicyclic amines) is 1. The van der Waals surface area contributed by atoms with Gasteiger partial charge in [-0.3, -0.25) is 4.79 Å². The quantitative estimate of drug-likeness (QED) is 0.371. The smallest absolute Gasteiger partial charge is 0.248 e. The van der Waals surface area contributed by atoms with Crippen molar-refractivity contribution in [1.82, 2.24) is 9.88 Å². The molecule has 0 spiro atoms. The van der Waals surface area contributed by atoms with Gasteiger partial charge in [0.25, 0.3) is 0 Å². The predicted molar refractivity (Wildman–Crippen MR) is 138 cm³/mol. The van der Waals surface area contributed by atoms with Crippen molar-refractivity contribution in [2.75, 3.05) is 19.6 Å². The number of nitrogens with zero attached hydrogens (tertiary/aromatic N) is 1. The zero-order valence-corrected chi connectivity index (χ0v) is 19.5. The number of nitrogens with one attached hydrogen (secondary N) is 1. The Hall–Kier alpha value is -3.21. The Morgan fingerprint density at radius 3 is 2.15 bits per heavy atom. The van der Waals surface area contributed by atoms with Crippen molar-refractivity contribution in [2.24, 2.45) is 0 Å². The van der Waals surface area contributed by atoms with Crippen molar-refractivity contribution < 1.29 is 4.74 Å². The lowest BCUT2D eigenvalue weighted by atomic mass is 10.00. The van der Waals surface area contributed by atoms with Crippen LogP contribution in [0, 0.1) is 0 Å². The minimum Gasteiger partial charge on any atom is -0.365 e. The van der Waals surface area contributed by atoms with Crippen molar-refractivity contribution in [3.05, 3.63) is 118 Å². The molecule has 174 valence electrons. The Balaban J connectivity index is 1.16. The fraction of sp³-hybridized carbons (Fsp3) is 0.300. The molecule has 1 aromatic heterocycles. The van der Waals surface area contributed by atoms with E-state index < -0.39 is 0 Å². The first-order chi connectivity index (χ1) is 16.8. The van der Waals surface area contributed by atoms with E-state index in [1.54, 1.807) is 6.07 Å². The number of piperidine rings is 1. The van der Waals surface area contributed by atoms with Crippen LogP contribution in [0.3, 0.4) is 0 Å². The molecule has 4 heteroatoms. The van der Waals surface area contributed by atoms with Crippen molar-refractivity contribution in [2.45, 2.75) is 37.9 Å². The van der Waals surface area contributed by atoms with Gasteiger partial charge in [0.2, 0.25) is 5.56 Å². The number of hydrogen-bond acceptors (Lipinski definition) is 3. The summed E-state index contributed by atoms with van der Waals surface area (Å²) in [6.45, 7) is 3.16. The molecule has 0 radical (unpaired) electrons. The molecule has 5 rings (SSSR count). The number of para-hydroxylation sites is 1. The number of aryl methyl sites for hydroxylation is 1. The van der Waals surface area contributed by atoms with Gasteiger partial charge in [-0.25, -0.2) is 0 Å². The first-order valence-corrected chi connectivity index (χ1v) is 12.3. The van der Waals surface area contributed by atoms with Crippen LogP contribution in [0.5, 0.6) is 0 Å². The predicted octanol–water partition coefficient (Wildman–Crippen LogP) is 5.73. The van der Waals surface area contributed by atoms with Crippen LogP contribution in [0.4, 0.5) is 0 Å². The van der Waals surface area contributed by atoms with E-state index >= 15 is 0 Å². The zero-order valence-electron chi connectivity index (χ0n) is 19.5. The molecule has 1 aliphatic rings. The number of rotatable bonds is 8. The Morgan fingerprint density at radius 2 is 1.47 bits per heavy atom. The van der Waals surface area contributed by atoms with E-state index in [1.807, 2.05) is 18.2 Å². The monoisotopic (exact) mass is 452 g/mol. The van der Waals surface area contributed by atoms with Gasteiger partial charge in [0, 0.05) is 30.1 Å². The van der Waals surface area contributed by atoms with Crippen molar-refractivity contribution in [1.29, 1.82) is 0 Å². The maximum Gasteiger partial charge on any atom is 0.248 e. The molecule has 2 heterocycles. The summed E-state index contributed by atoms with van der Waals surface area (Å²) >= 11 is 0. The van der Waals surface area contributed by atoms with Gasteiger partial charge in [-0.05, 0) is 55.0 Å². The lowest BCUT2D eigenvalue weighted by molar-refractivity contribution is -0.0270. The molecule has 0 saturated carbocycles. The number of fused-ring (bicyclic) bond motifs is 1. The number of H-pyrrole nitrogens is 1. The summed E-state index contributed by atoms with van der Waals surface area (Å²) in [5.74, 6) is 0. The van der Waals surface area contributed by atoms with Crippen LogP contribution < -0.4 is 5.56 Å². The van der Waals surface area contributed by atoms with Gasteiger partial charge in [-0.2, -0.15) is 0 Å². The van der Waals surface area contributed by atoms with Crippen LogP contribution in [0.1, 0.15) is 42.1 Å². The third-order valence-electron chi connectivity index (χ3n) is 6.82. The van der Waals surface area contributed by atoms with E-state index in [9.17, 15) is 4.79 Å². The molecule has 0 bridgehead atoms. The molecule has 1 aliphatic heterocycles. The minimum atomic E-state index is -0.0246. The molecule has 4 nitrogen and oxygen atoms in total. The van der Waals surface area contributed by atoms with Crippen LogP contribution >= 0.6 is 0 Å². The number of pyridine rings is 1. The Morgan fingerprint density at radius 1 is 0.853 bits per heavy atom. The van der Waals surface area contributed by atoms with Gasteiger partial charge in [0.15, 0.2) is 0 Å². The van der Waals surface area contributed by atoms with E-state index in [1.165, 1.54) is 11.1 Å². The maximum absolute atomic E-state index is 12.0. The standard InChI is InChI=1S/C30H32N2O2/c33-29-22-25(27-15-7-8-16-28(27)31-29)14-9-19-32-20-17-26(18-21-32)34-30(23-10-3-1-4-11-23)24-12-5-2-6-13-24/h1-8,10-13,15-16,22,26,30H,9,14,17-21H2,(H,31,33). The van der Waals surface area contributed by atoms with Crippen molar-refractivity contribution >= 4 is 10.9 Å². The highest BCUT2D eigenvalue weighted by Crippen LogP contribution is 2.30. The number of benzene rings is 3. The van der Waals surface area contributed by atoms with E-state index in [-0.39, 0.29) is 17.8 Å². The van der Waals surface area contributed by atoms with E-state index in [0.717, 1.165) is 61.8 Å². The summed E-state index contributed by atoms with van der Waals surface area (Å²) in [5.41, 5.74) is 4.47. The fourth-order valence-electron chi connectivity index (χ4n) is 5.04. The molecule has 34 heavy (non-hydrogen) atoms. The van der Waals surface area contributed by atoms with Crippen LogP contribution in [0.15, 0.2) is 95.8 Å². The molecular formula is C30H32N2O2. The highest BCUT2D eigenvalue weighted by atomic mass is 16.5. The summed E-state index contributed by atoms with van der Waals surface area (Å²) in [4.78, 5) is 17.5. The lowest BCUT2D eigenvalue weighted by Gasteiger charge is -2.34. The average molecular weight is 453 g/mol. The van der Waals surface area contributed by atoms with Gasteiger partial charge >= 0.3 is 0 Å². The molecule has 1 saturated heterocycles. The van der Waals surface area contributed by atoms with Gasteiger partial charge < -0.3 is 14.6 Å². The van der Waals surface area contributed by atoms with Crippen LogP contribution in [0.25, 0.3) is 10.9 Å². The van der Waals surface area contributed by atoms with E-state index in [2.05, 4.69) is 76.6 Å². The van der Waals surface area contributed by atoms with Gasteiger partial charge in [0.1, 0.15) is 6.10 Å². The molecule has 0 atom stereocenters. The SMILES string of the molecule is O=c1cc(CCCN2CCC(OC(c3ccccc3)c3ccccc3)CC2)c2ccccc2[nH]1. The Kier molecular flexibility index (Phi) is 7.18. The summed E-state index contributed by atoms with van der Waals surface area (Å²) in [6, 6.07) is 30.9. The van der Waals surface area contributed by atoms with Crippen LogP contribution in [-0.2, 0) is 11.2 Å². The van der Waals surface area contributed by atoms with Crippen molar-refractivity contribution in [3.8, 4) is 0 Å². The largest absolute Gasteiger partial charge is 0.365 e. The van der Waals surface area contributed by atoms with Gasteiger partial charge in [-0.15, -0.1) is 0 Å². The van der Waals surface area contributed by atoms with E-state index in [0.29, 0.717) is 0 Å². The first-order valence-electron chi connectivity index (χ1n) is 12.3. The summed E-state index contributed by atoms with van der Waals surface area (Å²) < 4.78 is 6.68. The molecule has 1 N–H and O–H groups in total. The molecular weight excluding hydrogens is 420 g/mol. The normalized spacial score (nSPS) is 15.2. The second-order valence-electron chi connectivity index (χ2n) is 9.19. The van der Waals surface area contributed by atoms with Crippen LogP contribution in [0.2, 0.25) is 0 Å². The topological polar surface area (TPSA) is 45.3 Å². The van der Waals surface area contributed by atoms with Crippen LogP contribution in [-0.4, -0.2) is 35.6 Å². The number of aromatic nitrogens is 1. The fourth-order valence-corrected chi connectivity index (χ4v) is 5.04. The zero-order chi connectivity index (χ0) is 23.2. The molecule has 1 fully saturated rings. The maximum atomic E-state index is 12.0. The highest BCUT2D eigenvalue weighted by molar-refractivity contribution is 5.81. The van der Waals surface area contributed by atoms with Crippen molar-refractivity contribution in [3.63, 3.8) is 0 Å². The van der Waals surface area contributed by atoms with Gasteiger partial charge in [0.05, 0.1) is 6.10 Å². The minimum absolute atomic E-state index is 0.0157. The Labute approximate surface area is 201 Å². The van der Waals surface area contributed by atoms with E-state index in [4.69, 9.17) is 4.74 Å². The third-order valence-corrected chi connectivity index (χ3v) is 6.82. The third kappa shape index (κ3) is 5.46. The molecule has 4 aromatic rings. The molecule has 0 aliphatic carbocycles. The average Bonchev–Trinajstić information content (AvgIpc) is 2.89. The first kappa shape index (κ1) is 22.6. The summed E-state index contributed by atoms with van der Waals surface area (Å²) in [6.07, 6.45) is 4.30.